The number of aliphatic hydroxyl groups is 1. The molecule has 0 aromatic rings. The third-order valence-electron chi connectivity index (χ3n) is 4.58. The van der Waals surface area contributed by atoms with Gasteiger partial charge >= 0.3 is 0 Å². The average Bonchev–Trinajstić information content (AvgIpc) is 2.16. The van der Waals surface area contributed by atoms with Gasteiger partial charge in [0.2, 0.25) is 0 Å². The van der Waals surface area contributed by atoms with Crippen LogP contribution < -0.4 is 0 Å². The van der Waals surface area contributed by atoms with E-state index in [0.29, 0.717) is 5.92 Å². The van der Waals surface area contributed by atoms with Gasteiger partial charge in [-0.25, -0.2) is 0 Å². The molecule has 1 heteroatoms. The molecule has 0 aromatic heterocycles. The minimum atomic E-state index is -0.483. The molecule has 2 rings (SSSR count). The lowest BCUT2D eigenvalue weighted by atomic mass is 9.64. The summed E-state index contributed by atoms with van der Waals surface area (Å²) in [6, 6.07) is 0. The molecular formula is C14H24O. The second-order valence-corrected chi connectivity index (χ2v) is 6.06. The highest BCUT2D eigenvalue weighted by molar-refractivity contribution is 5.11. The third-order valence-corrected chi connectivity index (χ3v) is 4.58. The van der Waals surface area contributed by atoms with Crippen molar-refractivity contribution in [1.82, 2.24) is 0 Å². The van der Waals surface area contributed by atoms with E-state index in [1.54, 1.807) is 5.57 Å². The van der Waals surface area contributed by atoms with Crippen molar-refractivity contribution in [1.29, 1.82) is 0 Å². The molecule has 2 aliphatic carbocycles. The topological polar surface area (TPSA) is 20.2 Å². The third kappa shape index (κ3) is 2.28. The largest absolute Gasteiger partial charge is 0.390 e. The maximum Gasteiger partial charge on any atom is 0.0620 e. The summed E-state index contributed by atoms with van der Waals surface area (Å²) in [5, 5.41) is 10.1. The standard InChI is InChI=1S/C14H24O/c1-10-5-4-6-11-7-8-12(9-13(10)11)14(2,3)15/h5,11-13,15H,4,6-9H2,1-3H3. The average molecular weight is 208 g/mol. The summed E-state index contributed by atoms with van der Waals surface area (Å²) in [5.41, 5.74) is 1.10. The summed E-state index contributed by atoms with van der Waals surface area (Å²) in [6.07, 6.45) is 8.81. The van der Waals surface area contributed by atoms with Gasteiger partial charge in [-0.3, -0.25) is 0 Å². The zero-order valence-electron chi connectivity index (χ0n) is 10.3. The Kier molecular flexibility index (Phi) is 2.94. The highest BCUT2D eigenvalue weighted by Crippen LogP contribution is 2.45. The predicted octanol–water partition coefficient (Wildman–Crippen LogP) is 3.53. The van der Waals surface area contributed by atoms with Crippen molar-refractivity contribution in [2.45, 2.75) is 58.5 Å². The number of allylic oxidation sites excluding steroid dienone is 2. The van der Waals surface area contributed by atoms with Gasteiger partial charge < -0.3 is 5.11 Å². The van der Waals surface area contributed by atoms with Crippen LogP contribution in [-0.2, 0) is 0 Å². The van der Waals surface area contributed by atoms with Gasteiger partial charge in [0.05, 0.1) is 5.60 Å². The fourth-order valence-electron chi connectivity index (χ4n) is 3.45. The molecular weight excluding hydrogens is 184 g/mol. The molecule has 0 saturated heterocycles. The first-order chi connectivity index (χ1) is 6.98. The van der Waals surface area contributed by atoms with E-state index in [2.05, 4.69) is 13.0 Å². The van der Waals surface area contributed by atoms with Gasteiger partial charge in [-0.1, -0.05) is 11.6 Å². The van der Waals surface area contributed by atoms with Crippen molar-refractivity contribution in [3.8, 4) is 0 Å². The van der Waals surface area contributed by atoms with E-state index in [4.69, 9.17) is 0 Å². The molecule has 0 amide bonds. The SMILES string of the molecule is CC1=CCCC2CCC(C(C)(C)O)CC12. The summed E-state index contributed by atoms with van der Waals surface area (Å²) >= 11 is 0. The van der Waals surface area contributed by atoms with Gasteiger partial charge in [-0.05, 0) is 70.6 Å². The first-order valence-corrected chi connectivity index (χ1v) is 6.37. The Labute approximate surface area is 93.6 Å². The van der Waals surface area contributed by atoms with E-state index in [1.165, 1.54) is 32.1 Å². The fourth-order valence-corrected chi connectivity index (χ4v) is 3.45. The second-order valence-electron chi connectivity index (χ2n) is 6.06. The summed E-state index contributed by atoms with van der Waals surface area (Å²) < 4.78 is 0. The maximum atomic E-state index is 10.1. The molecule has 86 valence electrons. The smallest absolute Gasteiger partial charge is 0.0620 e. The van der Waals surface area contributed by atoms with Crippen molar-refractivity contribution < 1.29 is 5.11 Å². The van der Waals surface area contributed by atoms with Crippen LogP contribution in [-0.4, -0.2) is 10.7 Å². The van der Waals surface area contributed by atoms with Crippen LogP contribution in [0.25, 0.3) is 0 Å². The van der Waals surface area contributed by atoms with E-state index in [0.717, 1.165) is 11.8 Å². The minimum Gasteiger partial charge on any atom is -0.390 e. The van der Waals surface area contributed by atoms with E-state index in [9.17, 15) is 5.11 Å². The molecule has 1 nitrogen and oxygen atoms in total. The Hall–Kier alpha value is -0.300. The monoisotopic (exact) mass is 208 g/mol. The molecule has 0 aromatic carbocycles. The zero-order chi connectivity index (χ0) is 11.1. The van der Waals surface area contributed by atoms with E-state index in [1.807, 2.05) is 13.8 Å². The Morgan fingerprint density at radius 2 is 2.00 bits per heavy atom. The van der Waals surface area contributed by atoms with E-state index in [-0.39, 0.29) is 0 Å². The lowest BCUT2D eigenvalue weighted by Gasteiger charge is -2.43. The minimum absolute atomic E-state index is 0.483. The zero-order valence-corrected chi connectivity index (χ0v) is 10.3. The molecule has 0 bridgehead atoms. The predicted molar refractivity (Wildman–Crippen MR) is 63.6 cm³/mol. The van der Waals surface area contributed by atoms with Crippen LogP contribution in [0.4, 0.5) is 0 Å². The van der Waals surface area contributed by atoms with E-state index < -0.39 is 5.60 Å². The van der Waals surface area contributed by atoms with Crippen LogP contribution in [0.1, 0.15) is 52.9 Å². The second kappa shape index (κ2) is 3.93. The highest BCUT2D eigenvalue weighted by atomic mass is 16.3. The summed E-state index contributed by atoms with van der Waals surface area (Å²) in [6.45, 7) is 6.23. The van der Waals surface area contributed by atoms with Gasteiger partial charge in [0.15, 0.2) is 0 Å². The Morgan fingerprint density at radius 3 is 2.67 bits per heavy atom. The fraction of sp³-hybridized carbons (Fsp3) is 0.857. The maximum absolute atomic E-state index is 10.1. The Bertz CT molecular complexity index is 259. The normalized spacial score (nSPS) is 37.1. The lowest BCUT2D eigenvalue weighted by Crippen LogP contribution is -2.38. The molecule has 0 spiro atoms. The summed E-state index contributed by atoms with van der Waals surface area (Å²) in [5.74, 6) is 2.18. The molecule has 3 atom stereocenters. The molecule has 0 heterocycles. The van der Waals surface area contributed by atoms with Crippen LogP contribution in [0.2, 0.25) is 0 Å². The number of fused-ring (bicyclic) bond motifs is 1. The molecule has 1 saturated carbocycles. The molecule has 0 aliphatic heterocycles. The van der Waals surface area contributed by atoms with Crippen molar-refractivity contribution in [3.63, 3.8) is 0 Å². The van der Waals surface area contributed by atoms with Crippen molar-refractivity contribution in [2.24, 2.45) is 17.8 Å². The van der Waals surface area contributed by atoms with Crippen LogP contribution in [0.3, 0.4) is 0 Å². The van der Waals surface area contributed by atoms with Gasteiger partial charge in [0, 0.05) is 0 Å². The number of rotatable bonds is 1. The van der Waals surface area contributed by atoms with Crippen molar-refractivity contribution in [3.05, 3.63) is 11.6 Å². The van der Waals surface area contributed by atoms with Crippen molar-refractivity contribution >= 4 is 0 Å². The molecule has 15 heavy (non-hydrogen) atoms. The van der Waals surface area contributed by atoms with Crippen LogP contribution in [0.15, 0.2) is 11.6 Å². The molecule has 1 N–H and O–H groups in total. The molecule has 3 unspecified atom stereocenters. The number of hydrogen-bond acceptors (Lipinski definition) is 1. The summed E-state index contributed by atoms with van der Waals surface area (Å²) in [7, 11) is 0. The van der Waals surface area contributed by atoms with Crippen molar-refractivity contribution in [2.75, 3.05) is 0 Å². The quantitative estimate of drug-likeness (QED) is 0.654. The first-order valence-electron chi connectivity index (χ1n) is 6.37. The van der Waals surface area contributed by atoms with Crippen LogP contribution in [0.5, 0.6) is 0 Å². The van der Waals surface area contributed by atoms with Crippen LogP contribution >= 0.6 is 0 Å². The Morgan fingerprint density at radius 1 is 1.27 bits per heavy atom. The molecule has 1 fully saturated rings. The Balaban J connectivity index is 2.09. The van der Waals surface area contributed by atoms with Gasteiger partial charge in [0.25, 0.3) is 0 Å². The van der Waals surface area contributed by atoms with Crippen LogP contribution in [0, 0.1) is 17.8 Å². The van der Waals surface area contributed by atoms with Gasteiger partial charge in [0.1, 0.15) is 0 Å². The van der Waals surface area contributed by atoms with Gasteiger partial charge in [-0.2, -0.15) is 0 Å². The first kappa shape index (κ1) is 11.2. The highest BCUT2D eigenvalue weighted by Gasteiger charge is 2.38. The lowest BCUT2D eigenvalue weighted by molar-refractivity contribution is -0.0177. The van der Waals surface area contributed by atoms with E-state index >= 15 is 0 Å². The molecule has 0 radical (unpaired) electrons. The van der Waals surface area contributed by atoms with Gasteiger partial charge in [-0.15, -0.1) is 0 Å². The number of hydrogen-bond donors (Lipinski definition) is 1. The summed E-state index contributed by atoms with van der Waals surface area (Å²) in [4.78, 5) is 0. The molecule has 2 aliphatic rings.